The van der Waals surface area contributed by atoms with Crippen LogP contribution in [0.1, 0.15) is 105 Å². The first kappa shape index (κ1) is 29.8. The van der Waals surface area contributed by atoms with E-state index in [1.807, 2.05) is 20.8 Å². The third-order valence-electron chi connectivity index (χ3n) is 13.0. The number of carbonyl (C=O) groups is 1. The van der Waals surface area contributed by atoms with Gasteiger partial charge in [-0.15, -0.1) is 0 Å². The van der Waals surface area contributed by atoms with Gasteiger partial charge in [-0.05, 0) is 107 Å². The zero-order chi connectivity index (χ0) is 29.3. The van der Waals surface area contributed by atoms with Crippen molar-refractivity contribution in [1.29, 1.82) is 0 Å². The second-order valence-electron chi connectivity index (χ2n) is 15.2. The number of hydrogen-bond donors (Lipinski definition) is 3. The maximum atomic E-state index is 12.5. The van der Waals surface area contributed by atoms with Gasteiger partial charge in [-0.1, -0.05) is 31.1 Å². The van der Waals surface area contributed by atoms with Gasteiger partial charge in [0.25, 0.3) is 0 Å². The van der Waals surface area contributed by atoms with Crippen LogP contribution in [0.25, 0.3) is 0 Å². The van der Waals surface area contributed by atoms with Crippen molar-refractivity contribution in [2.45, 2.75) is 142 Å². The minimum atomic E-state index is -1.05. The van der Waals surface area contributed by atoms with Crippen LogP contribution in [0, 0.1) is 34.5 Å². The summed E-state index contributed by atoms with van der Waals surface area (Å²) in [6.07, 6.45) is 10.8. The molecule has 1 saturated heterocycles. The lowest BCUT2D eigenvalue weighted by atomic mass is 9.46. The normalized spacial score (nSPS) is 48.0. The van der Waals surface area contributed by atoms with Gasteiger partial charge in [-0.25, -0.2) is 4.79 Å². The summed E-state index contributed by atoms with van der Waals surface area (Å²) in [4.78, 5) is 12.5. The molecular formula is C34H52O7. The first-order chi connectivity index (χ1) is 19.4. The van der Waals surface area contributed by atoms with Crippen LogP contribution in [0.5, 0.6) is 0 Å². The van der Waals surface area contributed by atoms with Crippen LogP contribution in [0.2, 0.25) is 0 Å². The molecule has 2 aliphatic heterocycles. The molecule has 7 nitrogen and oxygen atoms in total. The summed E-state index contributed by atoms with van der Waals surface area (Å²) in [5.74, 6) is 1.64. The lowest BCUT2D eigenvalue weighted by Gasteiger charge is -2.59. The first-order valence-corrected chi connectivity index (χ1v) is 16.3. The van der Waals surface area contributed by atoms with E-state index in [1.165, 1.54) is 12.0 Å². The van der Waals surface area contributed by atoms with E-state index in [-0.39, 0.29) is 41.5 Å². The summed E-state index contributed by atoms with van der Waals surface area (Å²) >= 11 is 0. The van der Waals surface area contributed by atoms with Gasteiger partial charge in [0.1, 0.15) is 11.7 Å². The minimum absolute atomic E-state index is 0.0333. The smallest absolute Gasteiger partial charge is 0.334 e. The molecule has 12 atom stereocenters. The molecule has 5 unspecified atom stereocenters. The summed E-state index contributed by atoms with van der Waals surface area (Å²) in [6.45, 7) is 10.6. The van der Waals surface area contributed by atoms with Crippen molar-refractivity contribution in [3.05, 3.63) is 22.8 Å². The third kappa shape index (κ3) is 4.96. The Morgan fingerprint density at radius 3 is 2.59 bits per heavy atom. The zero-order valence-electron chi connectivity index (χ0n) is 25.7. The Balaban J connectivity index is 1.16. The highest BCUT2D eigenvalue weighted by Crippen LogP contribution is 2.68. The molecule has 41 heavy (non-hydrogen) atoms. The van der Waals surface area contributed by atoms with Gasteiger partial charge in [0.2, 0.25) is 0 Å². The Morgan fingerprint density at radius 2 is 1.85 bits per heavy atom. The van der Waals surface area contributed by atoms with Crippen LogP contribution in [-0.4, -0.2) is 64.2 Å². The van der Waals surface area contributed by atoms with Crippen molar-refractivity contribution in [2.24, 2.45) is 34.5 Å². The number of esters is 1. The molecule has 7 heteroatoms. The van der Waals surface area contributed by atoms with Crippen LogP contribution >= 0.6 is 0 Å². The number of carbonyl (C=O) groups excluding carboxylic acids is 1. The lowest BCUT2D eigenvalue weighted by Crippen LogP contribution is -2.57. The van der Waals surface area contributed by atoms with Crippen molar-refractivity contribution < 1.29 is 34.3 Å². The fraction of sp³-hybridized carbons (Fsp3) is 0.853. The number of ether oxygens (including phenoxy) is 3. The van der Waals surface area contributed by atoms with E-state index in [1.54, 1.807) is 0 Å². The molecule has 3 saturated carbocycles. The van der Waals surface area contributed by atoms with Gasteiger partial charge >= 0.3 is 5.97 Å². The van der Waals surface area contributed by atoms with E-state index in [2.05, 4.69) is 19.9 Å². The van der Waals surface area contributed by atoms with E-state index in [0.717, 1.165) is 50.5 Å². The number of cyclic esters (lactones) is 1. The molecule has 230 valence electrons. The highest BCUT2D eigenvalue weighted by molar-refractivity contribution is 5.89. The lowest BCUT2D eigenvalue weighted by molar-refractivity contribution is -0.242. The largest absolute Gasteiger partial charge is 0.456 e. The standard InChI is InChI=1S/C34H52O7/c1-19-14-29(41-31(37)20(19)2)34(5,38)28-9-8-26-25-7-6-21-15-23(39-30-17-22(36)16-24(18-35)40-30)10-12-32(21,3)27(25)11-13-33(26,28)4/h6,22-30,35-36,38H,7-18H2,1-5H3/t22-,23-,24-,25-,26?,27?,28?,29?,30?,32-,33-,34+/m0/s1. The van der Waals surface area contributed by atoms with E-state index in [9.17, 15) is 20.1 Å². The Kier molecular flexibility index (Phi) is 7.80. The molecule has 0 aromatic carbocycles. The molecule has 3 N–H and O–H groups in total. The number of aliphatic hydroxyl groups excluding tert-OH is 2. The Bertz CT molecular complexity index is 1090. The van der Waals surface area contributed by atoms with E-state index in [4.69, 9.17) is 14.2 Å². The summed E-state index contributed by atoms with van der Waals surface area (Å²) in [5.41, 5.74) is 2.40. The first-order valence-electron chi connectivity index (χ1n) is 16.3. The van der Waals surface area contributed by atoms with Gasteiger partial charge < -0.3 is 29.5 Å². The molecule has 6 rings (SSSR count). The topological polar surface area (TPSA) is 105 Å². The van der Waals surface area contributed by atoms with Crippen molar-refractivity contribution >= 4 is 5.97 Å². The summed E-state index contributed by atoms with van der Waals surface area (Å²) in [5, 5.41) is 31.8. The molecule has 2 heterocycles. The maximum Gasteiger partial charge on any atom is 0.334 e. The average molecular weight is 573 g/mol. The number of fused-ring (bicyclic) bond motifs is 5. The molecule has 0 aromatic heterocycles. The Labute approximate surface area is 245 Å². The molecule has 6 aliphatic rings. The fourth-order valence-corrected chi connectivity index (χ4v) is 10.5. The molecule has 0 spiro atoms. The van der Waals surface area contributed by atoms with Crippen LogP contribution in [0.4, 0.5) is 0 Å². The van der Waals surface area contributed by atoms with E-state index >= 15 is 0 Å². The summed E-state index contributed by atoms with van der Waals surface area (Å²) in [6, 6.07) is 0. The summed E-state index contributed by atoms with van der Waals surface area (Å²) < 4.78 is 18.1. The predicted molar refractivity (Wildman–Crippen MR) is 155 cm³/mol. The van der Waals surface area contributed by atoms with E-state index < -0.39 is 24.1 Å². The van der Waals surface area contributed by atoms with Crippen LogP contribution in [0.3, 0.4) is 0 Å². The number of aliphatic hydroxyl groups is 3. The van der Waals surface area contributed by atoms with Crippen molar-refractivity contribution in [2.75, 3.05) is 6.61 Å². The van der Waals surface area contributed by atoms with Crippen LogP contribution in [0.15, 0.2) is 22.8 Å². The van der Waals surface area contributed by atoms with Crippen molar-refractivity contribution in [3.8, 4) is 0 Å². The maximum absolute atomic E-state index is 12.5. The quantitative estimate of drug-likeness (QED) is 0.307. The number of rotatable bonds is 5. The molecule has 0 radical (unpaired) electrons. The van der Waals surface area contributed by atoms with Crippen molar-refractivity contribution in [3.63, 3.8) is 0 Å². The average Bonchev–Trinajstić information content (AvgIpc) is 3.29. The van der Waals surface area contributed by atoms with Gasteiger partial charge in [-0.2, -0.15) is 0 Å². The van der Waals surface area contributed by atoms with Gasteiger partial charge in [0.05, 0.1) is 24.9 Å². The molecule has 4 fully saturated rings. The van der Waals surface area contributed by atoms with Crippen molar-refractivity contribution in [1.82, 2.24) is 0 Å². The molecular weight excluding hydrogens is 520 g/mol. The highest BCUT2D eigenvalue weighted by Gasteiger charge is 2.63. The van der Waals surface area contributed by atoms with E-state index in [0.29, 0.717) is 42.6 Å². The second-order valence-corrected chi connectivity index (χ2v) is 15.2. The van der Waals surface area contributed by atoms with Gasteiger partial charge in [-0.3, -0.25) is 0 Å². The Hall–Kier alpha value is -1.25. The van der Waals surface area contributed by atoms with Gasteiger partial charge in [0.15, 0.2) is 6.29 Å². The number of allylic oxidation sites excluding steroid dienone is 1. The molecule has 0 aromatic rings. The van der Waals surface area contributed by atoms with Crippen LogP contribution < -0.4 is 0 Å². The van der Waals surface area contributed by atoms with Crippen LogP contribution in [-0.2, 0) is 19.0 Å². The summed E-state index contributed by atoms with van der Waals surface area (Å²) in [7, 11) is 0. The fourth-order valence-electron chi connectivity index (χ4n) is 10.5. The van der Waals surface area contributed by atoms with Gasteiger partial charge in [0, 0.05) is 24.8 Å². The molecule has 0 bridgehead atoms. The monoisotopic (exact) mass is 572 g/mol. The highest BCUT2D eigenvalue weighted by atomic mass is 16.7. The second kappa shape index (κ2) is 10.7. The number of hydrogen-bond acceptors (Lipinski definition) is 7. The SMILES string of the molecule is CC1=C(C)C(=O)OC([C@](C)(O)C2CCC3[C@@H]4CC=C5C[C@@H](OC6C[C@@H](O)C[C@@H](CO)O6)CC[C@]5(C)C4CC[C@@]32C)C1. The zero-order valence-corrected chi connectivity index (χ0v) is 25.7. The Morgan fingerprint density at radius 1 is 1.07 bits per heavy atom. The third-order valence-corrected chi connectivity index (χ3v) is 13.0. The minimum Gasteiger partial charge on any atom is -0.456 e. The molecule has 0 amide bonds. The molecule has 4 aliphatic carbocycles. The predicted octanol–water partition coefficient (Wildman–Crippen LogP) is 5.21.